The Kier molecular flexibility index (Phi) is 8.00. The third-order valence-corrected chi connectivity index (χ3v) is 6.00. The van der Waals surface area contributed by atoms with Gasteiger partial charge in [0, 0.05) is 13.7 Å². The van der Waals surface area contributed by atoms with E-state index >= 15 is 0 Å². The number of methoxy groups -OCH3 is 1. The van der Waals surface area contributed by atoms with Gasteiger partial charge < -0.3 is 19.7 Å². The maximum Gasteiger partial charge on any atom is 0.259 e. The lowest BCUT2D eigenvalue weighted by atomic mass is 9.88. The number of aromatic nitrogens is 2. The van der Waals surface area contributed by atoms with E-state index in [0.29, 0.717) is 29.5 Å². The van der Waals surface area contributed by atoms with Crippen molar-refractivity contribution in [2.24, 2.45) is 0 Å². The summed E-state index contributed by atoms with van der Waals surface area (Å²) in [6.45, 7) is 4.18. The highest BCUT2D eigenvalue weighted by atomic mass is 16.5. The van der Waals surface area contributed by atoms with E-state index in [9.17, 15) is 4.79 Å². The number of carbonyl (C=O) groups is 1. The molecule has 2 aromatic carbocycles. The Morgan fingerprint density at radius 2 is 1.91 bits per heavy atom. The first-order valence-electron chi connectivity index (χ1n) is 11.3. The second-order valence-electron chi connectivity index (χ2n) is 8.22. The van der Waals surface area contributed by atoms with Gasteiger partial charge in [0.05, 0.1) is 30.3 Å². The highest BCUT2D eigenvalue weighted by molar-refractivity contribution is 6.06. The maximum absolute atomic E-state index is 13.2. The molecule has 7 heteroatoms. The number of nitrogens with one attached hydrogen (secondary N) is 1. The molecule has 1 fully saturated rings. The summed E-state index contributed by atoms with van der Waals surface area (Å²) in [4.78, 5) is 15.6. The van der Waals surface area contributed by atoms with E-state index in [4.69, 9.17) is 9.47 Å². The molecule has 0 spiro atoms. The number of benzene rings is 2. The van der Waals surface area contributed by atoms with Crippen LogP contribution in [0.5, 0.6) is 5.75 Å². The van der Waals surface area contributed by atoms with Gasteiger partial charge in [-0.15, -0.1) is 0 Å². The SMILES string of the molecule is COCCN1CCC(c2ccc(OCc3ccccc3)c(C(=O)Nc3ccnnc3)c2)CC1. The molecule has 7 nitrogen and oxygen atoms in total. The molecule has 0 saturated carbocycles. The van der Waals surface area contributed by atoms with Crippen molar-refractivity contribution >= 4 is 11.6 Å². The smallest absolute Gasteiger partial charge is 0.259 e. The van der Waals surface area contributed by atoms with E-state index in [1.807, 2.05) is 42.5 Å². The van der Waals surface area contributed by atoms with Crippen molar-refractivity contribution in [3.63, 3.8) is 0 Å². The topological polar surface area (TPSA) is 76.6 Å². The van der Waals surface area contributed by atoms with Crippen LogP contribution in [0.3, 0.4) is 0 Å². The number of ether oxygens (including phenoxy) is 2. The van der Waals surface area contributed by atoms with Crippen molar-refractivity contribution in [3.8, 4) is 5.75 Å². The van der Waals surface area contributed by atoms with Crippen LogP contribution in [0.4, 0.5) is 5.69 Å². The minimum Gasteiger partial charge on any atom is -0.488 e. The molecular weight excluding hydrogens is 416 g/mol. The third-order valence-electron chi connectivity index (χ3n) is 6.00. The van der Waals surface area contributed by atoms with Crippen molar-refractivity contribution in [1.82, 2.24) is 15.1 Å². The minimum atomic E-state index is -0.217. The van der Waals surface area contributed by atoms with Crippen LogP contribution in [0.15, 0.2) is 67.0 Å². The molecule has 1 amide bonds. The quantitative estimate of drug-likeness (QED) is 0.533. The van der Waals surface area contributed by atoms with Gasteiger partial charge in [-0.05, 0) is 61.2 Å². The van der Waals surface area contributed by atoms with Crippen molar-refractivity contribution in [2.45, 2.75) is 25.4 Å². The fourth-order valence-corrected chi connectivity index (χ4v) is 4.11. The number of nitrogens with zero attached hydrogens (tertiary/aromatic N) is 3. The van der Waals surface area contributed by atoms with Crippen LogP contribution in [0, 0.1) is 0 Å². The zero-order valence-electron chi connectivity index (χ0n) is 18.9. The molecule has 0 bridgehead atoms. The van der Waals surface area contributed by atoms with Gasteiger partial charge in [0.2, 0.25) is 0 Å². The average Bonchev–Trinajstić information content (AvgIpc) is 2.87. The van der Waals surface area contributed by atoms with Gasteiger partial charge in [-0.1, -0.05) is 36.4 Å². The first-order chi connectivity index (χ1) is 16.2. The highest BCUT2D eigenvalue weighted by Crippen LogP contribution is 2.32. The van der Waals surface area contributed by atoms with Crippen LogP contribution in [0.25, 0.3) is 0 Å². The summed E-state index contributed by atoms with van der Waals surface area (Å²) >= 11 is 0. The van der Waals surface area contributed by atoms with Crippen LogP contribution >= 0.6 is 0 Å². The molecule has 1 aromatic heterocycles. The van der Waals surface area contributed by atoms with Crippen molar-refractivity contribution < 1.29 is 14.3 Å². The number of piperidine rings is 1. The molecule has 0 atom stereocenters. The molecule has 4 rings (SSSR count). The third kappa shape index (κ3) is 6.37. The Bertz CT molecular complexity index is 1020. The summed E-state index contributed by atoms with van der Waals surface area (Å²) in [6, 6.07) is 17.7. The number of carbonyl (C=O) groups excluding carboxylic acids is 1. The van der Waals surface area contributed by atoms with Gasteiger partial charge in [-0.25, -0.2) is 0 Å². The standard InChI is InChI=1S/C26H30N4O3/c1-32-16-15-30-13-10-21(11-14-30)22-7-8-25(33-19-20-5-3-2-4-6-20)24(17-22)26(31)29-23-9-12-27-28-18-23/h2-9,12,17-18,21H,10-11,13-16,19H2,1H3,(H,27,29,31). The Hall–Kier alpha value is -3.29. The van der Waals surface area contributed by atoms with Crippen LogP contribution in [0.2, 0.25) is 0 Å². The van der Waals surface area contributed by atoms with Gasteiger partial charge >= 0.3 is 0 Å². The monoisotopic (exact) mass is 446 g/mol. The van der Waals surface area contributed by atoms with Gasteiger partial charge in [0.1, 0.15) is 12.4 Å². The zero-order chi connectivity index (χ0) is 22.9. The normalized spacial score (nSPS) is 14.7. The zero-order valence-corrected chi connectivity index (χ0v) is 18.9. The Balaban J connectivity index is 1.51. The van der Waals surface area contributed by atoms with Crippen molar-refractivity contribution in [2.75, 3.05) is 38.7 Å². The van der Waals surface area contributed by atoms with Gasteiger partial charge in [-0.3, -0.25) is 4.79 Å². The first kappa shape index (κ1) is 22.9. The van der Waals surface area contributed by atoms with Crippen molar-refractivity contribution in [3.05, 3.63) is 83.7 Å². The molecule has 0 unspecified atom stereocenters. The minimum absolute atomic E-state index is 0.217. The van der Waals surface area contributed by atoms with E-state index in [1.165, 1.54) is 11.8 Å². The molecule has 1 N–H and O–H groups in total. The summed E-state index contributed by atoms with van der Waals surface area (Å²) in [6.07, 6.45) is 5.20. The Labute approximate surface area is 194 Å². The fraction of sp³-hybridized carbons (Fsp3) is 0.346. The number of anilines is 1. The lowest BCUT2D eigenvalue weighted by molar-refractivity contribution is 0.102. The average molecular weight is 447 g/mol. The molecule has 1 saturated heterocycles. The van der Waals surface area contributed by atoms with Crippen LogP contribution in [-0.4, -0.2) is 54.4 Å². The number of amides is 1. The van der Waals surface area contributed by atoms with Gasteiger partial charge in [0.25, 0.3) is 5.91 Å². The lowest BCUT2D eigenvalue weighted by Gasteiger charge is -2.32. The second-order valence-corrected chi connectivity index (χ2v) is 8.22. The highest BCUT2D eigenvalue weighted by Gasteiger charge is 2.23. The maximum atomic E-state index is 13.2. The second kappa shape index (κ2) is 11.5. The summed E-state index contributed by atoms with van der Waals surface area (Å²) in [5.41, 5.74) is 3.35. The van der Waals surface area contributed by atoms with Crippen LogP contribution in [-0.2, 0) is 11.3 Å². The van der Waals surface area contributed by atoms with Gasteiger partial charge in [0.15, 0.2) is 0 Å². The number of likely N-dealkylation sites (tertiary alicyclic amines) is 1. The molecule has 0 radical (unpaired) electrons. The van der Waals surface area contributed by atoms with E-state index in [1.54, 1.807) is 19.4 Å². The predicted molar refractivity (Wildman–Crippen MR) is 127 cm³/mol. The predicted octanol–water partition coefficient (Wildman–Crippen LogP) is 4.13. The van der Waals surface area contributed by atoms with E-state index in [0.717, 1.165) is 44.6 Å². The number of rotatable bonds is 9. The largest absolute Gasteiger partial charge is 0.488 e. The molecule has 3 aromatic rings. The van der Waals surface area contributed by atoms with E-state index in [-0.39, 0.29) is 5.91 Å². The van der Waals surface area contributed by atoms with Crippen LogP contribution in [0.1, 0.15) is 40.2 Å². The molecule has 1 aliphatic rings. The summed E-state index contributed by atoms with van der Waals surface area (Å²) in [7, 11) is 1.74. The lowest BCUT2D eigenvalue weighted by Crippen LogP contribution is -2.35. The van der Waals surface area contributed by atoms with Crippen molar-refractivity contribution in [1.29, 1.82) is 0 Å². The van der Waals surface area contributed by atoms with Gasteiger partial charge in [-0.2, -0.15) is 10.2 Å². The summed E-state index contributed by atoms with van der Waals surface area (Å²) in [5, 5.41) is 10.5. The fourth-order valence-electron chi connectivity index (χ4n) is 4.11. The Morgan fingerprint density at radius 3 is 2.64 bits per heavy atom. The van der Waals surface area contributed by atoms with E-state index in [2.05, 4.69) is 26.5 Å². The molecule has 2 heterocycles. The molecular formula is C26H30N4O3. The van der Waals surface area contributed by atoms with Crippen LogP contribution < -0.4 is 10.1 Å². The molecule has 172 valence electrons. The first-order valence-corrected chi connectivity index (χ1v) is 11.3. The summed E-state index contributed by atoms with van der Waals surface area (Å²) in [5.74, 6) is 0.770. The van der Waals surface area contributed by atoms with E-state index < -0.39 is 0 Å². The number of hydrogen-bond acceptors (Lipinski definition) is 6. The number of hydrogen-bond donors (Lipinski definition) is 1. The Morgan fingerprint density at radius 1 is 1.09 bits per heavy atom. The molecule has 0 aliphatic carbocycles. The molecule has 33 heavy (non-hydrogen) atoms. The summed E-state index contributed by atoms with van der Waals surface area (Å²) < 4.78 is 11.3. The molecule has 1 aliphatic heterocycles.